The zero-order valence-electron chi connectivity index (χ0n) is 30.2. The summed E-state index contributed by atoms with van der Waals surface area (Å²) in [6, 6.07) is 20.6. The van der Waals surface area contributed by atoms with Gasteiger partial charge in [-0.05, 0) is 42.5 Å². The van der Waals surface area contributed by atoms with Crippen LogP contribution in [-0.4, -0.2) is 47.2 Å². The summed E-state index contributed by atoms with van der Waals surface area (Å²) >= 11 is 0. The maximum absolute atomic E-state index is 14.8. The lowest BCUT2D eigenvalue weighted by atomic mass is 10.0. The van der Waals surface area contributed by atoms with Crippen LogP contribution in [0.15, 0.2) is 96.2 Å². The molecule has 10 nitrogen and oxygen atoms in total. The molecule has 1 aliphatic carbocycles. The Morgan fingerprint density at radius 1 is 0.754 bits per heavy atom. The number of esters is 1. The number of rotatable bonds is 13. The molecule has 0 radical (unpaired) electrons. The molecule has 1 atom stereocenters. The third-order valence-corrected chi connectivity index (χ3v) is 12.0. The van der Waals surface area contributed by atoms with Crippen LogP contribution in [0.4, 0.5) is 27.6 Å². The van der Waals surface area contributed by atoms with Crippen LogP contribution in [-0.2, 0) is 39.3 Å². The van der Waals surface area contributed by atoms with E-state index in [9.17, 15) is 40.0 Å². The number of carbonyl (C=O) groups is 2. The molecule has 1 aliphatic heterocycles. The first-order valence-electron chi connectivity index (χ1n) is 18.1. The molecule has 2 aliphatic rings. The minimum atomic E-state index is -5.44. The van der Waals surface area contributed by atoms with Gasteiger partial charge in [-0.1, -0.05) is 73.5 Å². The number of ether oxygens (including phenoxy) is 2. The number of nitrogens with zero attached hydrogens (tertiary/aromatic N) is 4. The van der Waals surface area contributed by atoms with Crippen LogP contribution in [0.25, 0.3) is 0 Å². The molecule has 4 aromatic carbocycles. The number of anilines is 1. The summed E-state index contributed by atoms with van der Waals surface area (Å²) in [4.78, 5) is 36.1. The number of carbonyl (C=O) groups excluding carboxylic acids is 2. The van der Waals surface area contributed by atoms with Crippen molar-refractivity contribution in [2.24, 2.45) is 0 Å². The molecule has 16 heteroatoms. The first kappa shape index (κ1) is 39.5. The minimum absolute atomic E-state index is 0.00186. The predicted octanol–water partition coefficient (Wildman–Crippen LogP) is 7.76. The topological polar surface area (TPSA) is 119 Å². The number of halogens is 5. The Kier molecular flexibility index (Phi) is 11.6. The van der Waals surface area contributed by atoms with Gasteiger partial charge >= 0.3 is 5.97 Å². The summed E-state index contributed by atoms with van der Waals surface area (Å²) in [5, 5.41) is 0. The summed E-state index contributed by atoms with van der Waals surface area (Å²) in [5.74, 6) is -13.9. The Morgan fingerprint density at radius 2 is 1.37 bits per heavy atom. The molecule has 0 spiro atoms. The third kappa shape index (κ3) is 8.23. The molecule has 296 valence electrons. The van der Waals surface area contributed by atoms with Gasteiger partial charge in [-0.2, -0.15) is 4.31 Å². The Hall–Kier alpha value is -5.74. The lowest BCUT2D eigenvalue weighted by molar-refractivity contribution is -0.125. The van der Waals surface area contributed by atoms with E-state index in [1.807, 2.05) is 12.1 Å². The van der Waals surface area contributed by atoms with Gasteiger partial charge in [0.15, 0.2) is 28.2 Å². The van der Waals surface area contributed by atoms with Crippen LogP contribution in [0.3, 0.4) is 0 Å². The van der Waals surface area contributed by atoms with Crippen LogP contribution in [0.2, 0.25) is 0 Å². The number of hydrogen-bond donors (Lipinski definition) is 0. The average Bonchev–Trinajstić information content (AvgIpc) is 3.75. The van der Waals surface area contributed by atoms with Crippen molar-refractivity contribution in [2.75, 3.05) is 11.4 Å². The smallest absolute Gasteiger partial charge is 0.342 e. The normalized spacial score (nSPS) is 15.9. The zero-order chi connectivity index (χ0) is 40.3. The fraction of sp³-hybridized carbons (Fsp3) is 0.268. The Morgan fingerprint density at radius 3 is 1.95 bits per heavy atom. The van der Waals surface area contributed by atoms with Crippen LogP contribution in [0, 0.1) is 29.1 Å². The molecule has 1 saturated heterocycles. The van der Waals surface area contributed by atoms with E-state index in [1.165, 1.54) is 24.4 Å². The van der Waals surface area contributed by atoms with Crippen LogP contribution < -0.4 is 9.64 Å². The van der Waals surface area contributed by atoms with Crippen molar-refractivity contribution >= 4 is 27.6 Å². The zero-order valence-corrected chi connectivity index (χ0v) is 31.0. The Bertz CT molecular complexity index is 2360. The molecule has 1 aromatic heterocycles. The molecule has 1 saturated carbocycles. The number of sulfonamides is 1. The molecule has 5 aromatic rings. The van der Waals surface area contributed by atoms with Gasteiger partial charge in [-0.15, -0.1) is 0 Å². The SMILES string of the molecule is O=C(OCc1ccccc1)c1ccc(N(Cc2cnc(C3CCCC3)cn2)C(=O)[C@H]2CCN2S(=O)(=O)c2c(F)c(F)c(F)c(F)c2F)cc1OCc1ccccc1. The first-order chi connectivity index (χ1) is 27.4. The van der Waals surface area contributed by atoms with Gasteiger partial charge in [-0.3, -0.25) is 14.8 Å². The molecule has 0 bridgehead atoms. The maximum Gasteiger partial charge on any atom is 0.342 e. The lowest BCUT2D eigenvalue weighted by Crippen LogP contribution is -2.59. The standard InChI is InChI=1S/C41H35F5N4O6S/c42-34-35(43)37(45)39(38(46)36(34)44)57(53,54)50-18-17-32(50)40(51)49(22-28-20-48-31(21-47-28)27-13-7-8-14-27)29-15-16-30(41(52)56-24-26-11-5-2-6-12-26)33(19-29)55-23-25-9-3-1-4-10-25/h1-6,9-12,15-16,19-21,27,32H,7-8,13-14,17-18,22-24H2/t32-/m1/s1. The minimum Gasteiger partial charge on any atom is -0.488 e. The van der Waals surface area contributed by atoms with E-state index < -0.39 is 68.5 Å². The summed E-state index contributed by atoms with van der Waals surface area (Å²) in [6.07, 6.45) is 6.98. The molecular formula is C41H35F5N4O6S. The van der Waals surface area contributed by atoms with Gasteiger partial charge < -0.3 is 14.4 Å². The Labute approximate surface area is 324 Å². The molecule has 2 fully saturated rings. The van der Waals surface area contributed by atoms with Crippen molar-refractivity contribution in [3.63, 3.8) is 0 Å². The van der Waals surface area contributed by atoms with E-state index in [0.29, 0.717) is 4.31 Å². The van der Waals surface area contributed by atoms with Crippen molar-refractivity contribution in [2.45, 2.75) is 68.7 Å². The van der Waals surface area contributed by atoms with Crippen molar-refractivity contribution in [3.8, 4) is 5.75 Å². The first-order valence-corrected chi connectivity index (χ1v) is 19.5. The second-order valence-electron chi connectivity index (χ2n) is 13.7. The monoisotopic (exact) mass is 806 g/mol. The van der Waals surface area contributed by atoms with Crippen molar-refractivity contribution < 1.29 is 49.4 Å². The highest BCUT2D eigenvalue weighted by molar-refractivity contribution is 7.89. The quantitative estimate of drug-likeness (QED) is 0.0513. The molecule has 7 rings (SSSR count). The van der Waals surface area contributed by atoms with Gasteiger partial charge in [0, 0.05) is 30.4 Å². The highest BCUT2D eigenvalue weighted by Crippen LogP contribution is 2.37. The summed E-state index contributed by atoms with van der Waals surface area (Å²) in [5.41, 5.74) is 2.67. The predicted molar refractivity (Wildman–Crippen MR) is 196 cm³/mol. The summed E-state index contributed by atoms with van der Waals surface area (Å²) in [7, 11) is -5.44. The fourth-order valence-electron chi connectivity index (χ4n) is 6.85. The number of hydrogen-bond acceptors (Lipinski definition) is 8. The van der Waals surface area contributed by atoms with Crippen molar-refractivity contribution in [1.82, 2.24) is 14.3 Å². The number of benzene rings is 4. The van der Waals surface area contributed by atoms with E-state index in [-0.39, 0.29) is 54.8 Å². The van der Waals surface area contributed by atoms with Gasteiger partial charge in [0.2, 0.25) is 21.7 Å². The Balaban J connectivity index is 1.24. The van der Waals surface area contributed by atoms with Crippen molar-refractivity contribution in [1.29, 1.82) is 0 Å². The highest BCUT2D eigenvalue weighted by atomic mass is 32.2. The molecule has 2 heterocycles. The average molecular weight is 807 g/mol. The maximum atomic E-state index is 14.8. The third-order valence-electron chi connectivity index (χ3n) is 10.0. The summed E-state index contributed by atoms with van der Waals surface area (Å²) < 4.78 is 111. The van der Waals surface area contributed by atoms with E-state index in [0.717, 1.165) is 47.4 Å². The van der Waals surface area contributed by atoms with Crippen LogP contribution >= 0.6 is 0 Å². The van der Waals surface area contributed by atoms with Gasteiger partial charge in [-0.25, -0.2) is 35.2 Å². The lowest BCUT2D eigenvalue weighted by Gasteiger charge is -2.41. The molecule has 1 amide bonds. The molecule has 0 N–H and O–H groups in total. The van der Waals surface area contributed by atoms with Crippen LogP contribution in [0.5, 0.6) is 5.75 Å². The fourth-order valence-corrected chi connectivity index (χ4v) is 8.59. The largest absolute Gasteiger partial charge is 0.488 e. The van der Waals surface area contributed by atoms with Crippen LogP contribution in [0.1, 0.15) is 70.9 Å². The van der Waals surface area contributed by atoms with E-state index in [4.69, 9.17) is 9.47 Å². The summed E-state index contributed by atoms with van der Waals surface area (Å²) in [6.45, 7) is -0.796. The number of amides is 1. The van der Waals surface area contributed by atoms with E-state index in [1.54, 1.807) is 54.7 Å². The van der Waals surface area contributed by atoms with E-state index in [2.05, 4.69) is 9.97 Å². The molecule has 57 heavy (non-hydrogen) atoms. The second kappa shape index (κ2) is 16.8. The highest BCUT2D eigenvalue weighted by Gasteiger charge is 2.48. The van der Waals surface area contributed by atoms with Gasteiger partial charge in [0.25, 0.3) is 0 Å². The number of aromatic nitrogens is 2. The van der Waals surface area contributed by atoms with Gasteiger partial charge in [0.1, 0.15) is 30.6 Å². The molecule has 0 unspecified atom stereocenters. The molecular weight excluding hydrogens is 772 g/mol. The second-order valence-corrected chi connectivity index (χ2v) is 15.5. The van der Waals surface area contributed by atoms with E-state index >= 15 is 0 Å². The van der Waals surface area contributed by atoms with Crippen molar-refractivity contribution in [3.05, 3.63) is 148 Å². The van der Waals surface area contributed by atoms with Gasteiger partial charge in [0.05, 0.1) is 24.1 Å².